The van der Waals surface area contributed by atoms with Gasteiger partial charge in [0, 0.05) is 31.3 Å². The lowest BCUT2D eigenvalue weighted by molar-refractivity contribution is 0.0470. The molecule has 0 unspecified atom stereocenters. The molecule has 1 amide bonds. The van der Waals surface area contributed by atoms with Gasteiger partial charge in [-0.25, -0.2) is 9.97 Å². The number of ether oxygens (including phenoxy) is 1. The molecule has 2 aliphatic rings. The molecule has 0 atom stereocenters. The van der Waals surface area contributed by atoms with Crippen LogP contribution in [-0.4, -0.2) is 41.1 Å². The molecule has 28 heavy (non-hydrogen) atoms. The molecule has 2 aliphatic heterocycles. The van der Waals surface area contributed by atoms with E-state index in [1.807, 2.05) is 49.4 Å². The average molecular weight is 374 g/mol. The number of carbonyl (C=O) groups excluding carboxylic acids is 1. The third-order valence-electron chi connectivity index (χ3n) is 5.77. The molecule has 1 saturated heterocycles. The second-order valence-electron chi connectivity index (χ2n) is 7.58. The number of hydrogen-bond acceptors (Lipinski definition) is 5. The van der Waals surface area contributed by atoms with Crippen LogP contribution in [0.15, 0.2) is 48.5 Å². The zero-order valence-electron chi connectivity index (χ0n) is 15.8. The van der Waals surface area contributed by atoms with Crippen LogP contribution in [-0.2, 0) is 0 Å². The van der Waals surface area contributed by atoms with Crippen molar-refractivity contribution in [1.82, 2.24) is 15.3 Å². The van der Waals surface area contributed by atoms with Gasteiger partial charge < -0.3 is 15.0 Å². The molecule has 0 radical (unpaired) electrons. The minimum absolute atomic E-state index is 0.0663. The van der Waals surface area contributed by atoms with Crippen molar-refractivity contribution in [3.8, 4) is 5.75 Å². The number of nitrogens with zero attached hydrogens (tertiary/aromatic N) is 3. The first-order valence-electron chi connectivity index (χ1n) is 9.68. The molecule has 1 spiro atoms. The maximum absolute atomic E-state index is 12.4. The number of aryl methyl sites for hydroxylation is 1. The van der Waals surface area contributed by atoms with Gasteiger partial charge in [0.2, 0.25) is 5.95 Å². The molecule has 6 heteroatoms. The first kappa shape index (κ1) is 17.0. The Labute approximate surface area is 163 Å². The van der Waals surface area contributed by atoms with Crippen LogP contribution < -0.4 is 15.0 Å². The van der Waals surface area contributed by atoms with Crippen LogP contribution >= 0.6 is 0 Å². The van der Waals surface area contributed by atoms with E-state index in [1.165, 1.54) is 0 Å². The predicted octanol–water partition coefficient (Wildman–Crippen LogP) is 3.10. The van der Waals surface area contributed by atoms with Crippen molar-refractivity contribution in [1.29, 1.82) is 0 Å². The standard InChI is InChI=1S/C22H22N4O2/c1-15-16-6-2-4-8-18(16)25-21(24-15)26-12-10-22(11-13-26)14-23-20(27)17-7-3-5-9-19(17)28-22/h2-9H,10-14H2,1H3,(H,23,27). The molecule has 142 valence electrons. The monoisotopic (exact) mass is 374 g/mol. The molecule has 2 aromatic carbocycles. The Morgan fingerprint density at radius 3 is 2.64 bits per heavy atom. The zero-order valence-corrected chi connectivity index (χ0v) is 15.8. The highest BCUT2D eigenvalue weighted by atomic mass is 16.5. The molecule has 0 bridgehead atoms. The summed E-state index contributed by atoms with van der Waals surface area (Å²) in [7, 11) is 0. The van der Waals surface area contributed by atoms with Crippen molar-refractivity contribution >= 4 is 22.8 Å². The summed E-state index contributed by atoms with van der Waals surface area (Å²) in [6, 6.07) is 15.6. The van der Waals surface area contributed by atoms with E-state index in [-0.39, 0.29) is 11.5 Å². The van der Waals surface area contributed by atoms with E-state index >= 15 is 0 Å². The first-order chi connectivity index (χ1) is 13.6. The average Bonchev–Trinajstić information content (AvgIpc) is 2.86. The topological polar surface area (TPSA) is 67.4 Å². The summed E-state index contributed by atoms with van der Waals surface area (Å²) in [6.45, 7) is 4.12. The SMILES string of the molecule is Cc1nc(N2CCC3(CC2)CNC(=O)c2ccccc2O3)nc2ccccc12. The van der Waals surface area contributed by atoms with E-state index in [0.29, 0.717) is 17.9 Å². The Morgan fingerprint density at radius 1 is 1.04 bits per heavy atom. The number of hydrogen-bond donors (Lipinski definition) is 1. The molecule has 5 rings (SSSR count). The molecule has 1 N–H and O–H groups in total. The van der Waals surface area contributed by atoms with E-state index in [9.17, 15) is 4.79 Å². The van der Waals surface area contributed by atoms with E-state index < -0.39 is 0 Å². The number of para-hydroxylation sites is 2. The van der Waals surface area contributed by atoms with Crippen LogP contribution in [0.5, 0.6) is 5.75 Å². The molecule has 0 saturated carbocycles. The van der Waals surface area contributed by atoms with Gasteiger partial charge in [0.05, 0.1) is 23.3 Å². The van der Waals surface area contributed by atoms with E-state index in [1.54, 1.807) is 0 Å². The fourth-order valence-electron chi connectivity index (χ4n) is 4.10. The summed E-state index contributed by atoms with van der Waals surface area (Å²) in [6.07, 6.45) is 1.60. The number of nitrogens with one attached hydrogen (secondary N) is 1. The molecule has 1 fully saturated rings. The highest BCUT2D eigenvalue weighted by molar-refractivity contribution is 5.97. The molecular weight excluding hydrogens is 352 g/mol. The third-order valence-corrected chi connectivity index (χ3v) is 5.77. The second-order valence-corrected chi connectivity index (χ2v) is 7.58. The maximum atomic E-state index is 12.4. The van der Waals surface area contributed by atoms with E-state index in [4.69, 9.17) is 14.7 Å². The number of aromatic nitrogens is 2. The minimum atomic E-state index is -0.384. The second kappa shape index (κ2) is 6.48. The quantitative estimate of drug-likeness (QED) is 0.709. The molecular formula is C22H22N4O2. The molecule has 6 nitrogen and oxygen atoms in total. The fourth-order valence-corrected chi connectivity index (χ4v) is 4.10. The van der Waals surface area contributed by atoms with E-state index in [2.05, 4.69) is 16.3 Å². The van der Waals surface area contributed by atoms with Crippen molar-refractivity contribution in [3.05, 3.63) is 59.8 Å². The molecule has 1 aromatic heterocycles. The van der Waals surface area contributed by atoms with Gasteiger partial charge in [0.1, 0.15) is 11.4 Å². The van der Waals surface area contributed by atoms with Crippen molar-refractivity contribution < 1.29 is 9.53 Å². The minimum Gasteiger partial charge on any atom is -0.484 e. The lowest BCUT2D eigenvalue weighted by Gasteiger charge is -2.41. The number of rotatable bonds is 1. The van der Waals surface area contributed by atoms with Gasteiger partial charge in [-0.05, 0) is 25.1 Å². The van der Waals surface area contributed by atoms with Gasteiger partial charge in [0.25, 0.3) is 5.91 Å². The zero-order chi connectivity index (χ0) is 19.1. The van der Waals surface area contributed by atoms with Crippen molar-refractivity contribution in [2.75, 3.05) is 24.5 Å². The number of fused-ring (bicyclic) bond motifs is 2. The normalized spacial score (nSPS) is 18.3. The number of benzene rings is 2. The Kier molecular flexibility index (Phi) is 3.93. The third kappa shape index (κ3) is 2.85. The van der Waals surface area contributed by atoms with Gasteiger partial charge in [-0.15, -0.1) is 0 Å². The Bertz CT molecular complexity index is 1060. The lowest BCUT2D eigenvalue weighted by atomic mass is 9.91. The van der Waals surface area contributed by atoms with Crippen LogP contribution in [0.1, 0.15) is 28.9 Å². The molecule has 3 heterocycles. The van der Waals surface area contributed by atoms with Crippen LogP contribution in [0, 0.1) is 6.92 Å². The van der Waals surface area contributed by atoms with Gasteiger partial charge in [0.15, 0.2) is 0 Å². The highest BCUT2D eigenvalue weighted by Gasteiger charge is 2.40. The Morgan fingerprint density at radius 2 is 1.79 bits per heavy atom. The summed E-state index contributed by atoms with van der Waals surface area (Å²) < 4.78 is 6.38. The smallest absolute Gasteiger partial charge is 0.255 e. The summed E-state index contributed by atoms with van der Waals surface area (Å²) in [5, 5.41) is 4.12. The first-order valence-corrected chi connectivity index (χ1v) is 9.68. The number of anilines is 1. The van der Waals surface area contributed by atoms with Gasteiger partial charge in [-0.3, -0.25) is 4.79 Å². The highest BCUT2D eigenvalue weighted by Crippen LogP contribution is 2.34. The largest absolute Gasteiger partial charge is 0.484 e. The van der Waals surface area contributed by atoms with Gasteiger partial charge in [-0.1, -0.05) is 30.3 Å². The van der Waals surface area contributed by atoms with Gasteiger partial charge in [-0.2, -0.15) is 0 Å². The summed E-state index contributed by atoms with van der Waals surface area (Å²) in [5.74, 6) is 1.37. The van der Waals surface area contributed by atoms with Crippen molar-refractivity contribution in [2.45, 2.75) is 25.4 Å². The Balaban J connectivity index is 1.39. The van der Waals surface area contributed by atoms with Crippen molar-refractivity contribution in [3.63, 3.8) is 0 Å². The van der Waals surface area contributed by atoms with Crippen molar-refractivity contribution in [2.24, 2.45) is 0 Å². The molecule has 0 aliphatic carbocycles. The van der Waals surface area contributed by atoms with Gasteiger partial charge >= 0.3 is 0 Å². The summed E-state index contributed by atoms with van der Waals surface area (Å²) in [5.41, 5.74) is 2.19. The summed E-state index contributed by atoms with van der Waals surface area (Å²) in [4.78, 5) is 24.1. The van der Waals surface area contributed by atoms with Crippen LogP contribution in [0.2, 0.25) is 0 Å². The van der Waals surface area contributed by atoms with Crippen LogP contribution in [0.25, 0.3) is 10.9 Å². The molecule has 3 aromatic rings. The van der Waals surface area contributed by atoms with Crippen LogP contribution in [0.3, 0.4) is 0 Å². The summed E-state index contributed by atoms with van der Waals surface area (Å²) >= 11 is 0. The number of carbonyl (C=O) groups is 1. The van der Waals surface area contributed by atoms with Crippen LogP contribution in [0.4, 0.5) is 5.95 Å². The number of amides is 1. The lowest BCUT2D eigenvalue weighted by Crippen LogP contribution is -2.53. The Hall–Kier alpha value is -3.15. The maximum Gasteiger partial charge on any atom is 0.255 e. The van der Waals surface area contributed by atoms with E-state index in [0.717, 1.165) is 48.5 Å². The number of piperidine rings is 1. The predicted molar refractivity (Wildman–Crippen MR) is 108 cm³/mol. The fraction of sp³-hybridized carbons (Fsp3) is 0.318.